The molecule has 1 saturated carbocycles. The number of aliphatic hydroxyl groups is 1. The lowest BCUT2D eigenvalue weighted by Gasteiger charge is -2.28. The zero-order valence-corrected chi connectivity index (χ0v) is 12.3. The minimum absolute atomic E-state index is 0.231. The summed E-state index contributed by atoms with van der Waals surface area (Å²) >= 11 is 0. The van der Waals surface area contributed by atoms with E-state index >= 15 is 0 Å². The lowest BCUT2D eigenvalue weighted by molar-refractivity contribution is 0.0714. The Hall–Kier alpha value is -0.860. The van der Waals surface area contributed by atoms with Crippen LogP contribution in [0.5, 0.6) is 0 Å². The first-order valence-electron chi connectivity index (χ1n) is 7.47. The molecule has 1 fully saturated rings. The van der Waals surface area contributed by atoms with Crippen molar-refractivity contribution in [2.75, 3.05) is 6.54 Å². The summed E-state index contributed by atoms with van der Waals surface area (Å²) < 4.78 is 0. The normalized spacial score (nSPS) is 18.7. The SMILES string of the molecule is CC(C)(O)CCc1ccc(C2(CN)CCCC2)cc1. The third-order valence-electron chi connectivity index (χ3n) is 4.54. The maximum Gasteiger partial charge on any atom is 0.0594 e. The number of rotatable bonds is 5. The van der Waals surface area contributed by atoms with Gasteiger partial charge in [0.1, 0.15) is 0 Å². The molecule has 1 aromatic carbocycles. The first kappa shape index (κ1) is 14.5. The van der Waals surface area contributed by atoms with Crippen molar-refractivity contribution >= 4 is 0 Å². The van der Waals surface area contributed by atoms with Crippen LogP contribution in [0.3, 0.4) is 0 Å². The zero-order chi connectivity index (χ0) is 13.9. The lowest BCUT2D eigenvalue weighted by atomic mass is 9.78. The second-order valence-corrected chi connectivity index (χ2v) is 6.70. The molecule has 19 heavy (non-hydrogen) atoms. The third kappa shape index (κ3) is 3.58. The molecule has 0 radical (unpaired) electrons. The summed E-state index contributed by atoms with van der Waals surface area (Å²) in [6, 6.07) is 8.91. The summed E-state index contributed by atoms with van der Waals surface area (Å²) in [5.74, 6) is 0. The van der Waals surface area contributed by atoms with Crippen LogP contribution in [-0.2, 0) is 11.8 Å². The molecule has 2 rings (SSSR count). The standard InChI is InChI=1S/C17H27NO/c1-16(2,19)12-9-14-5-7-15(8-6-14)17(13-18)10-3-4-11-17/h5-8,19H,3-4,9-13,18H2,1-2H3. The fourth-order valence-electron chi connectivity index (χ4n) is 3.14. The molecule has 2 nitrogen and oxygen atoms in total. The van der Waals surface area contributed by atoms with Gasteiger partial charge in [0, 0.05) is 12.0 Å². The third-order valence-corrected chi connectivity index (χ3v) is 4.54. The number of aryl methyl sites for hydroxylation is 1. The number of benzene rings is 1. The molecule has 0 spiro atoms. The van der Waals surface area contributed by atoms with Crippen molar-refractivity contribution in [1.29, 1.82) is 0 Å². The minimum atomic E-state index is -0.581. The molecule has 1 aliphatic rings. The van der Waals surface area contributed by atoms with Crippen LogP contribution < -0.4 is 5.73 Å². The van der Waals surface area contributed by atoms with Gasteiger partial charge in [-0.15, -0.1) is 0 Å². The average Bonchev–Trinajstić information content (AvgIpc) is 2.86. The molecule has 0 heterocycles. The van der Waals surface area contributed by atoms with Crippen LogP contribution in [0.15, 0.2) is 24.3 Å². The molecule has 0 amide bonds. The van der Waals surface area contributed by atoms with Gasteiger partial charge in [-0.3, -0.25) is 0 Å². The largest absolute Gasteiger partial charge is 0.390 e. The van der Waals surface area contributed by atoms with Crippen LogP contribution in [0, 0.1) is 0 Å². The van der Waals surface area contributed by atoms with E-state index in [-0.39, 0.29) is 5.41 Å². The van der Waals surface area contributed by atoms with Gasteiger partial charge in [0.15, 0.2) is 0 Å². The number of hydrogen-bond acceptors (Lipinski definition) is 2. The first-order chi connectivity index (χ1) is 8.95. The van der Waals surface area contributed by atoms with Crippen molar-refractivity contribution in [2.24, 2.45) is 5.73 Å². The molecule has 0 saturated heterocycles. The fourth-order valence-corrected chi connectivity index (χ4v) is 3.14. The predicted molar refractivity (Wildman–Crippen MR) is 80.3 cm³/mol. The maximum atomic E-state index is 9.77. The second-order valence-electron chi connectivity index (χ2n) is 6.70. The highest BCUT2D eigenvalue weighted by molar-refractivity contribution is 5.31. The molecule has 0 bridgehead atoms. The monoisotopic (exact) mass is 261 g/mol. The summed E-state index contributed by atoms with van der Waals surface area (Å²) in [6.07, 6.45) is 6.79. The first-order valence-corrected chi connectivity index (χ1v) is 7.47. The summed E-state index contributed by atoms with van der Waals surface area (Å²) in [7, 11) is 0. The van der Waals surface area contributed by atoms with Gasteiger partial charge in [-0.05, 0) is 50.7 Å². The van der Waals surface area contributed by atoms with E-state index in [1.54, 1.807) is 0 Å². The van der Waals surface area contributed by atoms with Gasteiger partial charge in [0.25, 0.3) is 0 Å². The van der Waals surface area contributed by atoms with E-state index in [0.29, 0.717) is 0 Å². The minimum Gasteiger partial charge on any atom is -0.390 e. The molecule has 0 atom stereocenters. The predicted octanol–water partition coefficient (Wildman–Crippen LogP) is 3.16. The van der Waals surface area contributed by atoms with Crippen molar-refractivity contribution in [3.63, 3.8) is 0 Å². The van der Waals surface area contributed by atoms with E-state index < -0.39 is 5.60 Å². The van der Waals surface area contributed by atoms with Gasteiger partial charge >= 0.3 is 0 Å². The highest BCUT2D eigenvalue weighted by atomic mass is 16.3. The summed E-state index contributed by atoms with van der Waals surface area (Å²) in [5.41, 5.74) is 8.38. The Labute approximate surface area is 117 Å². The molecule has 0 unspecified atom stereocenters. The molecule has 0 aliphatic heterocycles. The van der Waals surface area contributed by atoms with E-state index in [2.05, 4.69) is 24.3 Å². The van der Waals surface area contributed by atoms with E-state index in [4.69, 9.17) is 5.73 Å². The topological polar surface area (TPSA) is 46.2 Å². The molecule has 2 heteroatoms. The van der Waals surface area contributed by atoms with Crippen molar-refractivity contribution in [3.8, 4) is 0 Å². The Bertz CT molecular complexity index is 396. The molecular weight excluding hydrogens is 234 g/mol. The zero-order valence-electron chi connectivity index (χ0n) is 12.3. The van der Waals surface area contributed by atoms with E-state index in [0.717, 1.165) is 19.4 Å². The molecule has 1 aromatic rings. The van der Waals surface area contributed by atoms with Crippen LogP contribution in [0.1, 0.15) is 57.1 Å². The highest BCUT2D eigenvalue weighted by Gasteiger charge is 2.33. The van der Waals surface area contributed by atoms with Crippen LogP contribution in [0.2, 0.25) is 0 Å². The number of nitrogens with two attached hydrogens (primary N) is 1. The van der Waals surface area contributed by atoms with Crippen molar-refractivity contribution < 1.29 is 5.11 Å². The summed E-state index contributed by atoms with van der Waals surface area (Å²) in [5, 5.41) is 9.77. The van der Waals surface area contributed by atoms with Gasteiger partial charge < -0.3 is 10.8 Å². The van der Waals surface area contributed by atoms with Crippen LogP contribution >= 0.6 is 0 Å². The molecule has 0 aromatic heterocycles. The van der Waals surface area contributed by atoms with Gasteiger partial charge in [-0.25, -0.2) is 0 Å². The van der Waals surface area contributed by atoms with Crippen LogP contribution in [0.25, 0.3) is 0 Å². The molecule has 1 aliphatic carbocycles. The Balaban J connectivity index is 2.06. The Morgan fingerprint density at radius 2 is 1.74 bits per heavy atom. The molecular formula is C17H27NO. The average molecular weight is 261 g/mol. The van der Waals surface area contributed by atoms with E-state index in [1.165, 1.54) is 36.8 Å². The van der Waals surface area contributed by atoms with Gasteiger partial charge in [-0.2, -0.15) is 0 Å². The van der Waals surface area contributed by atoms with E-state index in [1.807, 2.05) is 13.8 Å². The number of hydrogen-bond donors (Lipinski definition) is 2. The second kappa shape index (κ2) is 5.64. The molecule has 106 valence electrons. The van der Waals surface area contributed by atoms with Crippen molar-refractivity contribution in [1.82, 2.24) is 0 Å². The van der Waals surface area contributed by atoms with Crippen molar-refractivity contribution in [2.45, 2.75) is 63.4 Å². The van der Waals surface area contributed by atoms with Crippen LogP contribution in [-0.4, -0.2) is 17.3 Å². The van der Waals surface area contributed by atoms with Gasteiger partial charge in [-0.1, -0.05) is 37.1 Å². The Morgan fingerprint density at radius 1 is 1.16 bits per heavy atom. The quantitative estimate of drug-likeness (QED) is 0.855. The van der Waals surface area contributed by atoms with Crippen LogP contribution in [0.4, 0.5) is 0 Å². The smallest absolute Gasteiger partial charge is 0.0594 e. The van der Waals surface area contributed by atoms with Crippen molar-refractivity contribution in [3.05, 3.63) is 35.4 Å². The molecule has 3 N–H and O–H groups in total. The Morgan fingerprint density at radius 3 is 2.21 bits per heavy atom. The summed E-state index contributed by atoms with van der Waals surface area (Å²) in [4.78, 5) is 0. The van der Waals surface area contributed by atoms with Gasteiger partial charge in [0.05, 0.1) is 5.60 Å². The Kier molecular flexibility index (Phi) is 4.32. The maximum absolute atomic E-state index is 9.77. The van der Waals surface area contributed by atoms with Gasteiger partial charge in [0.2, 0.25) is 0 Å². The van der Waals surface area contributed by atoms with E-state index in [9.17, 15) is 5.11 Å². The lowest BCUT2D eigenvalue weighted by Crippen LogP contribution is -2.31. The highest BCUT2D eigenvalue weighted by Crippen LogP contribution is 2.40. The fraction of sp³-hybridized carbons (Fsp3) is 0.647. The summed E-state index contributed by atoms with van der Waals surface area (Å²) in [6.45, 7) is 4.49.